The highest BCUT2D eigenvalue weighted by molar-refractivity contribution is 5.64. The standard InChI is InChI=1S/C8H11F2NO3/c9-7(10)5(4-14-8(11)12)6-2-1-3-13-6/h1-2,5-7H,3-4H2,(H2,11,12)/t5-,6-/m0/s1. The van der Waals surface area contributed by atoms with Gasteiger partial charge in [0.05, 0.1) is 18.6 Å². The zero-order valence-electron chi connectivity index (χ0n) is 7.36. The number of amides is 1. The molecule has 0 unspecified atom stereocenters. The minimum absolute atomic E-state index is 0.310. The molecule has 1 amide bonds. The molecule has 0 radical (unpaired) electrons. The van der Waals surface area contributed by atoms with E-state index < -0.39 is 31.1 Å². The van der Waals surface area contributed by atoms with E-state index in [-0.39, 0.29) is 0 Å². The Balaban J connectivity index is 2.46. The molecule has 0 aromatic rings. The summed E-state index contributed by atoms with van der Waals surface area (Å²) in [6.45, 7) is -0.119. The van der Waals surface area contributed by atoms with E-state index in [4.69, 9.17) is 4.74 Å². The van der Waals surface area contributed by atoms with E-state index >= 15 is 0 Å². The first-order valence-corrected chi connectivity index (χ1v) is 4.10. The fraction of sp³-hybridized carbons (Fsp3) is 0.625. The van der Waals surface area contributed by atoms with Gasteiger partial charge in [0.2, 0.25) is 6.43 Å². The number of nitrogens with two attached hydrogens (primary N) is 1. The first kappa shape index (κ1) is 10.9. The SMILES string of the molecule is NC(=O)OC[C@H](C(F)F)[C@@H]1C=CCO1. The van der Waals surface area contributed by atoms with Crippen molar-refractivity contribution in [2.75, 3.05) is 13.2 Å². The molecule has 0 aromatic heterocycles. The number of rotatable bonds is 4. The highest BCUT2D eigenvalue weighted by Crippen LogP contribution is 2.21. The highest BCUT2D eigenvalue weighted by atomic mass is 19.3. The van der Waals surface area contributed by atoms with Crippen LogP contribution in [-0.2, 0) is 9.47 Å². The van der Waals surface area contributed by atoms with Crippen molar-refractivity contribution in [2.24, 2.45) is 11.7 Å². The quantitative estimate of drug-likeness (QED) is 0.697. The smallest absolute Gasteiger partial charge is 0.404 e. The summed E-state index contributed by atoms with van der Waals surface area (Å²) in [7, 11) is 0. The predicted octanol–water partition coefficient (Wildman–Crippen LogP) is 0.918. The van der Waals surface area contributed by atoms with Crippen LogP contribution in [0.4, 0.5) is 13.6 Å². The predicted molar refractivity (Wildman–Crippen MR) is 43.9 cm³/mol. The molecule has 6 heteroatoms. The zero-order valence-corrected chi connectivity index (χ0v) is 7.36. The van der Waals surface area contributed by atoms with Crippen LogP contribution in [0.3, 0.4) is 0 Å². The normalized spacial score (nSPS) is 22.6. The number of hydrogen-bond acceptors (Lipinski definition) is 3. The molecule has 1 aliphatic rings. The monoisotopic (exact) mass is 207 g/mol. The van der Waals surface area contributed by atoms with E-state index in [0.717, 1.165) is 0 Å². The van der Waals surface area contributed by atoms with Gasteiger partial charge in [-0.1, -0.05) is 12.2 Å². The van der Waals surface area contributed by atoms with Gasteiger partial charge in [0.1, 0.15) is 6.61 Å². The summed E-state index contributed by atoms with van der Waals surface area (Å²) < 4.78 is 34.2. The van der Waals surface area contributed by atoms with Gasteiger partial charge in [-0.25, -0.2) is 13.6 Å². The zero-order chi connectivity index (χ0) is 10.6. The maximum absolute atomic E-state index is 12.5. The second-order valence-electron chi connectivity index (χ2n) is 2.85. The summed E-state index contributed by atoms with van der Waals surface area (Å²) in [6, 6.07) is 0. The van der Waals surface area contributed by atoms with E-state index in [9.17, 15) is 13.6 Å². The fourth-order valence-electron chi connectivity index (χ4n) is 1.17. The van der Waals surface area contributed by atoms with Gasteiger partial charge in [0.25, 0.3) is 0 Å². The maximum atomic E-state index is 12.5. The van der Waals surface area contributed by atoms with Crippen LogP contribution in [-0.4, -0.2) is 31.8 Å². The van der Waals surface area contributed by atoms with Crippen molar-refractivity contribution in [1.29, 1.82) is 0 Å². The molecular weight excluding hydrogens is 196 g/mol. The molecular formula is C8H11F2NO3. The summed E-state index contributed by atoms with van der Waals surface area (Å²) in [5, 5.41) is 0. The third-order valence-electron chi connectivity index (χ3n) is 1.87. The average Bonchev–Trinajstić information content (AvgIpc) is 2.56. The van der Waals surface area contributed by atoms with E-state index in [2.05, 4.69) is 10.5 Å². The molecule has 0 aliphatic carbocycles. The molecule has 1 rings (SSSR count). The van der Waals surface area contributed by atoms with Gasteiger partial charge in [-0.3, -0.25) is 0 Å². The summed E-state index contributed by atoms with van der Waals surface area (Å²) in [5.74, 6) is -1.15. The second-order valence-corrected chi connectivity index (χ2v) is 2.85. The van der Waals surface area contributed by atoms with Crippen LogP contribution in [0.5, 0.6) is 0 Å². The van der Waals surface area contributed by atoms with Crippen molar-refractivity contribution < 1.29 is 23.0 Å². The fourth-order valence-corrected chi connectivity index (χ4v) is 1.17. The van der Waals surface area contributed by atoms with Gasteiger partial charge in [0, 0.05) is 0 Å². The molecule has 1 heterocycles. The average molecular weight is 207 g/mol. The number of carbonyl (C=O) groups excluding carboxylic acids is 1. The molecule has 0 saturated carbocycles. The summed E-state index contributed by atoms with van der Waals surface area (Å²) in [5.41, 5.74) is 4.67. The molecule has 0 spiro atoms. The van der Waals surface area contributed by atoms with Crippen molar-refractivity contribution in [3.63, 3.8) is 0 Å². The first-order chi connectivity index (χ1) is 6.61. The lowest BCUT2D eigenvalue weighted by molar-refractivity contribution is -0.0365. The van der Waals surface area contributed by atoms with E-state index in [1.54, 1.807) is 6.08 Å². The van der Waals surface area contributed by atoms with Gasteiger partial charge in [-0.2, -0.15) is 0 Å². The highest BCUT2D eigenvalue weighted by Gasteiger charge is 2.31. The summed E-state index contributed by atoms with van der Waals surface area (Å²) in [6.07, 6.45) is -1.19. The van der Waals surface area contributed by atoms with Crippen LogP contribution >= 0.6 is 0 Å². The molecule has 0 aromatic carbocycles. The molecule has 1 aliphatic heterocycles. The van der Waals surface area contributed by atoms with E-state index in [1.807, 2.05) is 0 Å². The number of carbonyl (C=O) groups is 1. The Morgan fingerprint density at radius 3 is 2.86 bits per heavy atom. The molecule has 14 heavy (non-hydrogen) atoms. The van der Waals surface area contributed by atoms with Gasteiger partial charge >= 0.3 is 6.09 Å². The van der Waals surface area contributed by atoms with Gasteiger partial charge in [-0.15, -0.1) is 0 Å². The molecule has 2 atom stereocenters. The van der Waals surface area contributed by atoms with Crippen molar-refractivity contribution in [3.05, 3.63) is 12.2 Å². The van der Waals surface area contributed by atoms with Crippen molar-refractivity contribution in [2.45, 2.75) is 12.5 Å². The van der Waals surface area contributed by atoms with Crippen molar-refractivity contribution in [1.82, 2.24) is 0 Å². The lowest BCUT2D eigenvalue weighted by Crippen LogP contribution is -2.32. The number of hydrogen-bond donors (Lipinski definition) is 1. The van der Waals surface area contributed by atoms with Crippen LogP contribution in [0.1, 0.15) is 0 Å². The molecule has 0 saturated heterocycles. The molecule has 0 bridgehead atoms. The minimum Gasteiger partial charge on any atom is -0.449 e. The van der Waals surface area contributed by atoms with Gasteiger partial charge in [0.15, 0.2) is 0 Å². The number of halogens is 2. The minimum atomic E-state index is -2.61. The van der Waals surface area contributed by atoms with Crippen LogP contribution in [0, 0.1) is 5.92 Å². The number of primary amides is 1. The first-order valence-electron chi connectivity index (χ1n) is 4.10. The Morgan fingerprint density at radius 1 is 1.71 bits per heavy atom. The van der Waals surface area contributed by atoms with Crippen LogP contribution in [0.2, 0.25) is 0 Å². The largest absolute Gasteiger partial charge is 0.449 e. The van der Waals surface area contributed by atoms with Crippen LogP contribution in [0.25, 0.3) is 0 Å². The van der Waals surface area contributed by atoms with Crippen molar-refractivity contribution >= 4 is 6.09 Å². The Kier molecular flexibility index (Phi) is 3.82. The lowest BCUT2D eigenvalue weighted by atomic mass is 10.0. The molecule has 80 valence electrons. The molecule has 2 N–H and O–H groups in total. The summed E-state index contributed by atoms with van der Waals surface area (Å²) >= 11 is 0. The third kappa shape index (κ3) is 2.95. The van der Waals surface area contributed by atoms with E-state index in [1.165, 1.54) is 6.08 Å². The topological polar surface area (TPSA) is 61.6 Å². The Bertz CT molecular complexity index is 233. The Hall–Kier alpha value is -1.17. The Labute approximate surface area is 79.7 Å². The van der Waals surface area contributed by atoms with Crippen LogP contribution in [0.15, 0.2) is 12.2 Å². The van der Waals surface area contributed by atoms with Gasteiger partial charge in [-0.05, 0) is 0 Å². The lowest BCUT2D eigenvalue weighted by Gasteiger charge is -2.20. The van der Waals surface area contributed by atoms with Gasteiger partial charge < -0.3 is 15.2 Å². The summed E-state index contributed by atoms with van der Waals surface area (Å²) in [4.78, 5) is 10.2. The van der Waals surface area contributed by atoms with E-state index in [0.29, 0.717) is 6.61 Å². The Morgan fingerprint density at radius 2 is 2.43 bits per heavy atom. The second kappa shape index (κ2) is 4.90. The maximum Gasteiger partial charge on any atom is 0.404 e. The number of alkyl halides is 2. The number of ether oxygens (including phenoxy) is 2. The molecule has 4 nitrogen and oxygen atoms in total. The van der Waals surface area contributed by atoms with Crippen molar-refractivity contribution in [3.8, 4) is 0 Å². The molecule has 0 fully saturated rings. The van der Waals surface area contributed by atoms with Crippen LogP contribution < -0.4 is 5.73 Å². The third-order valence-corrected chi connectivity index (χ3v) is 1.87.